The zero-order chi connectivity index (χ0) is 15.1. The molecule has 4 nitrogen and oxygen atoms in total. The smallest absolute Gasteiger partial charge is 0.257 e. The van der Waals surface area contributed by atoms with Gasteiger partial charge in [-0.3, -0.25) is 9.59 Å². The third-order valence-electron chi connectivity index (χ3n) is 2.73. The Bertz CT molecular complexity index is 486. The minimum Gasteiger partial charge on any atom is -0.483 e. The van der Waals surface area contributed by atoms with Crippen molar-refractivity contribution in [2.45, 2.75) is 27.2 Å². The average Bonchev–Trinajstić information content (AvgIpc) is 2.35. The van der Waals surface area contributed by atoms with E-state index in [-0.39, 0.29) is 29.6 Å². The van der Waals surface area contributed by atoms with E-state index in [1.54, 1.807) is 0 Å². The summed E-state index contributed by atoms with van der Waals surface area (Å²) in [6.07, 6.45) is 0.879. The summed E-state index contributed by atoms with van der Waals surface area (Å²) in [6, 6.07) is 3.65. The molecule has 0 aliphatic heterocycles. The summed E-state index contributed by atoms with van der Waals surface area (Å²) in [7, 11) is 0. The predicted molar refractivity (Wildman–Crippen MR) is 74.4 cm³/mol. The molecule has 1 amide bonds. The molecule has 1 aromatic rings. The molecule has 0 radical (unpaired) electrons. The van der Waals surface area contributed by atoms with Crippen LogP contribution in [-0.2, 0) is 4.79 Å². The number of ether oxygens (including phenoxy) is 1. The highest BCUT2D eigenvalue weighted by Crippen LogP contribution is 2.20. The lowest BCUT2D eigenvalue weighted by Crippen LogP contribution is -2.30. The lowest BCUT2D eigenvalue weighted by molar-refractivity contribution is -0.123. The van der Waals surface area contributed by atoms with Crippen molar-refractivity contribution in [2.24, 2.45) is 5.92 Å². The van der Waals surface area contributed by atoms with Crippen molar-refractivity contribution in [1.82, 2.24) is 5.32 Å². The van der Waals surface area contributed by atoms with E-state index < -0.39 is 5.82 Å². The second kappa shape index (κ2) is 7.62. The minimum absolute atomic E-state index is 0.0940. The van der Waals surface area contributed by atoms with Crippen LogP contribution in [0, 0.1) is 11.7 Å². The van der Waals surface area contributed by atoms with Crippen LogP contribution < -0.4 is 10.1 Å². The molecule has 0 aliphatic carbocycles. The van der Waals surface area contributed by atoms with Crippen molar-refractivity contribution in [3.05, 3.63) is 29.6 Å². The molecule has 110 valence electrons. The van der Waals surface area contributed by atoms with Gasteiger partial charge in [0.1, 0.15) is 11.6 Å². The molecule has 0 saturated heterocycles. The number of rotatable bonds is 7. The molecule has 0 saturated carbocycles. The zero-order valence-electron chi connectivity index (χ0n) is 12.0. The molecule has 1 rings (SSSR count). The molecule has 20 heavy (non-hydrogen) atoms. The van der Waals surface area contributed by atoms with E-state index in [1.807, 2.05) is 0 Å². The Labute approximate surface area is 118 Å². The Kier molecular flexibility index (Phi) is 6.15. The van der Waals surface area contributed by atoms with Gasteiger partial charge in [-0.2, -0.15) is 0 Å². The fraction of sp³-hybridized carbons (Fsp3) is 0.467. The van der Waals surface area contributed by atoms with Crippen LogP contribution >= 0.6 is 0 Å². The van der Waals surface area contributed by atoms with Gasteiger partial charge in [-0.25, -0.2) is 4.39 Å². The fourth-order valence-electron chi connectivity index (χ4n) is 1.60. The lowest BCUT2D eigenvalue weighted by Gasteiger charge is -2.11. The molecule has 1 aromatic carbocycles. The Hall–Kier alpha value is -1.91. The second-order valence-corrected chi connectivity index (χ2v) is 5.02. The summed E-state index contributed by atoms with van der Waals surface area (Å²) in [6.45, 7) is 5.83. The van der Waals surface area contributed by atoms with Gasteiger partial charge in [-0.15, -0.1) is 0 Å². The predicted octanol–water partition coefficient (Wildman–Crippen LogP) is 2.57. The summed E-state index contributed by atoms with van der Waals surface area (Å²) >= 11 is 0. The van der Waals surface area contributed by atoms with Crippen molar-refractivity contribution >= 4 is 11.7 Å². The van der Waals surface area contributed by atoms with Crippen LogP contribution in [0.3, 0.4) is 0 Å². The fourth-order valence-corrected chi connectivity index (χ4v) is 1.60. The number of halogens is 1. The highest BCUT2D eigenvalue weighted by Gasteiger charge is 2.11. The summed E-state index contributed by atoms with van der Waals surface area (Å²) < 4.78 is 18.4. The first-order valence-corrected chi connectivity index (χ1v) is 6.60. The third kappa shape index (κ3) is 5.38. The third-order valence-corrected chi connectivity index (χ3v) is 2.73. The number of nitrogens with one attached hydrogen (secondary N) is 1. The van der Waals surface area contributed by atoms with Crippen molar-refractivity contribution in [2.75, 3.05) is 13.2 Å². The van der Waals surface area contributed by atoms with Crippen molar-refractivity contribution in [1.29, 1.82) is 0 Å². The van der Waals surface area contributed by atoms with Gasteiger partial charge < -0.3 is 10.1 Å². The van der Waals surface area contributed by atoms with Crippen LogP contribution in [-0.4, -0.2) is 24.8 Å². The number of ketones is 1. The SMILES string of the molecule is CC(=O)c1ccc(F)cc1OCC(=O)NCCC(C)C. The number of benzene rings is 1. The minimum atomic E-state index is -0.509. The molecular weight excluding hydrogens is 261 g/mol. The highest BCUT2D eigenvalue weighted by molar-refractivity contribution is 5.96. The van der Waals surface area contributed by atoms with Gasteiger partial charge in [-0.1, -0.05) is 13.8 Å². The van der Waals surface area contributed by atoms with E-state index in [9.17, 15) is 14.0 Å². The average molecular weight is 281 g/mol. The van der Waals surface area contributed by atoms with Crippen molar-refractivity contribution in [3.63, 3.8) is 0 Å². The number of Topliss-reactive ketones (excluding diaryl/α,β-unsaturated/α-hetero) is 1. The Morgan fingerprint density at radius 3 is 2.65 bits per heavy atom. The van der Waals surface area contributed by atoms with Crippen molar-refractivity contribution in [3.8, 4) is 5.75 Å². The Morgan fingerprint density at radius 2 is 2.05 bits per heavy atom. The van der Waals surface area contributed by atoms with E-state index in [2.05, 4.69) is 19.2 Å². The van der Waals surface area contributed by atoms with E-state index in [0.29, 0.717) is 12.5 Å². The van der Waals surface area contributed by atoms with Crippen LogP contribution in [0.5, 0.6) is 5.75 Å². The van der Waals surface area contributed by atoms with Gasteiger partial charge in [0, 0.05) is 12.6 Å². The van der Waals surface area contributed by atoms with Crippen LogP contribution in [0.2, 0.25) is 0 Å². The number of amides is 1. The van der Waals surface area contributed by atoms with E-state index in [4.69, 9.17) is 4.74 Å². The van der Waals surface area contributed by atoms with E-state index in [0.717, 1.165) is 12.5 Å². The maximum atomic E-state index is 13.1. The summed E-state index contributed by atoms with van der Waals surface area (Å²) in [5.74, 6) is -0.435. The molecule has 0 heterocycles. The maximum absolute atomic E-state index is 13.1. The molecule has 0 fully saturated rings. The van der Waals surface area contributed by atoms with Crippen LogP contribution in [0.25, 0.3) is 0 Å². The molecule has 5 heteroatoms. The quantitative estimate of drug-likeness (QED) is 0.781. The van der Waals surface area contributed by atoms with Crippen LogP contribution in [0.4, 0.5) is 4.39 Å². The zero-order valence-corrected chi connectivity index (χ0v) is 12.0. The summed E-state index contributed by atoms with van der Waals surface area (Å²) in [4.78, 5) is 22.9. The first kappa shape index (κ1) is 16.1. The molecule has 0 bridgehead atoms. The second-order valence-electron chi connectivity index (χ2n) is 5.02. The molecule has 0 atom stereocenters. The molecule has 1 N–H and O–H groups in total. The molecule has 0 spiro atoms. The summed E-state index contributed by atoms with van der Waals surface area (Å²) in [5.41, 5.74) is 0.265. The molecule has 0 aliphatic rings. The standard InChI is InChI=1S/C15H20FNO3/c1-10(2)6-7-17-15(19)9-20-14-8-12(16)4-5-13(14)11(3)18/h4-5,8,10H,6-7,9H2,1-3H3,(H,17,19). The lowest BCUT2D eigenvalue weighted by atomic mass is 10.1. The molecular formula is C15H20FNO3. The Balaban J connectivity index is 2.54. The van der Waals surface area contributed by atoms with Gasteiger partial charge in [0.25, 0.3) is 5.91 Å². The van der Waals surface area contributed by atoms with Gasteiger partial charge in [0.15, 0.2) is 12.4 Å². The van der Waals surface area contributed by atoms with E-state index >= 15 is 0 Å². The largest absolute Gasteiger partial charge is 0.483 e. The van der Waals surface area contributed by atoms with Gasteiger partial charge >= 0.3 is 0 Å². The number of hydrogen-bond donors (Lipinski definition) is 1. The first-order chi connectivity index (χ1) is 9.40. The Morgan fingerprint density at radius 1 is 1.35 bits per heavy atom. The topological polar surface area (TPSA) is 55.4 Å². The van der Waals surface area contributed by atoms with Crippen LogP contribution in [0.1, 0.15) is 37.6 Å². The number of carbonyl (C=O) groups excluding carboxylic acids is 2. The number of carbonyl (C=O) groups is 2. The summed E-state index contributed by atoms with van der Waals surface area (Å²) in [5, 5.41) is 2.70. The maximum Gasteiger partial charge on any atom is 0.257 e. The monoisotopic (exact) mass is 281 g/mol. The van der Waals surface area contributed by atoms with Crippen molar-refractivity contribution < 1.29 is 18.7 Å². The van der Waals surface area contributed by atoms with Crippen LogP contribution in [0.15, 0.2) is 18.2 Å². The van der Waals surface area contributed by atoms with E-state index in [1.165, 1.54) is 19.1 Å². The number of hydrogen-bond acceptors (Lipinski definition) is 3. The van der Waals surface area contributed by atoms with Gasteiger partial charge in [0.05, 0.1) is 5.56 Å². The normalized spacial score (nSPS) is 10.4. The highest BCUT2D eigenvalue weighted by atomic mass is 19.1. The molecule has 0 unspecified atom stereocenters. The van der Waals surface area contributed by atoms with Gasteiger partial charge in [0.2, 0.25) is 0 Å². The molecule has 0 aromatic heterocycles. The first-order valence-electron chi connectivity index (χ1n) is 6.60. The van der Waals surface area contributed by atoms with Gasteiger partial charge in [-0.05, 0) is 31.4 Å².